The average molecular weight is 391 g/mol. The summed E-state index contributed by atoms with van der Waals surface area (Å²) in [5.41, 5.74) is 3.04. The van der Waals surface area contributed by atoms with Crippen molar-refractivity contribution in [3.63, 3.8) is 0 Å². The summed E-state index contributed by atoms with van der Waals surface area (Å²) in [6.45, 7) is 1.16. The molecule has 27 heavy (non-hydrogen) atoms. The molecule has 4 saturated carbocycles. The van der Waals surface area contributed by atoms with Gasteiger partial charge >= 0.3 is 0 Å². The number of hydrogen-bond donors (Lipinski definition) is 0. The van der Waals surface area contributed by atoms with E-state index in [1.807, 2.05) is 0 Å². The molecule has 4 aliphatic carbocycles. The molecule has 0 aliphatic heterocycles. The Morgan fingerprint density at radius 1 is 0.444 bits per heavy atom. The zero-order valence-corrected chi connectivity index (χ0v) is 19.1. The van der Waals surface area contributed by atoms with Gasteiger partial charge in [-0.25, -0.2) is 0 Å². The Morgan fingerprint density at radius 2 is 0.778 bits per heavy atom. The van der Waals surface area contributed by atoms with Crippen molar-refractivity contribution in [2.45, 2.75) is 145 Å². The van der Waals surface area contributed by atoms with Crippen molar-refractivity contribution >= 4 is 8.32 Å². The molecule has 0 radical (unpaired) electrons. The van der Waals surface area contributed by atoms with Crippen LogP contribution in [0.2, 0.25) is 16.6 Å². The zero-order chi connectivity index (χ0) is 18.4. The van der Waals surface area contributed by atoms with E-state index in [1.165, 1.54) is 128 Å². The van der Waals surface area contributed by atoms with Crippen LogP contribution in [-0.4, -0.2) is 14.9 Å². The fourth-order valence-corrected chi connectivity index (χ4v) is 14.8. The predicted octanol–water partition coefficient (Wildman–Crippen LogP) is 8.53. The van der Waals surface area contributed by atoms with Gasteiger partial charge in [-0.3, -0.25) is 0 Å². The van der Waals surface area contributed by atoms with E-state index < -0.39 is 8.32 Å². The minimum absolute atomic E-state index is 0.904. The lowest BCUT2D eigenvalue weighted by Gasteiger charge is -2.52. The van der Waals surface area contributed by atoms with Gasteiger partial charge in [0.2, 0.25) is 8.32 Å². The van der Waals surface area contributed by atoms with Crippen LogP contribution in [0.4, 0.5) is 0 Å². The maximum Gasteiger partial charge on any atom is 0.201 e. The molecule has 0 bridgehead atoms. The first-order chi connectivity index (χ1) is 13.4. The Kier molecular flexibility index (Phi) is 7.79. The average Bonchev–Trinajstić information content (AvgIpc) is 2.77. The molecule has 0 N–H and O–H groups in total. The van der Waals surface area contributed by atoms with E-state index in [2.05, 4.69) is 0 Å². The van der Waals surface area contributed by atoms with Crippen LogP contribution in [0.5, 0.6) is 0 Å². The molecule has 4 rings (SSSR count). The lowest BCUT2D eigenvalue weighted by Crippen LogP contribution is -2.54. The summed E-state index contributed by atoms with van der Waals surface area (Å²) in [4.78, 5) is 0. The first-order valence-electron chi connectivity index (χ1n) is 13.0. The summed E-state index contributed by atoms with van der Waals surface area (Å²) in [5.74, 6) is 0.904. The summed E-state index contributed by atoms with van der Waals surface area (Å²) < 4.78 is 7.53. The third-order valence-electron chi connectivity index (χ3n) is 9.02. The second kappa shape index (κ2) is 10.3. The molecule has 0 saturated heterocycles. The quantitative estimate of drug-likeness (QED) is 0.413. The van der Waals surface area contributed by atoms with E-state index in [-0.39, 0.29) is 0 Å². The summed E-state index contributed by atoms with van der Waals surface area (Å²) in [7, 11) is -1.68. The largest absolute Gasteiger partial charge is 0.416 e. The Balaban J connectivity index is 1.58. The van der Waals surface area contributed by atoms with E-state index in [9.17, 15) is 0 Å². The van der Waals surface area contributed by atoms with Gasteiger partial charge in [0, 0.05) is 6.61 Å². The van der Waals surface area contributed by atoms with Crippen molar-refractivity contribution in [2.75, 3.05) is 6.61 Å². The van der Waals surface area contributed by atoms with Gasteiger partial charge in [0.05, 0.1) is 0 Å². The van der Waals surface area contributed by atoms with E-state index >= 15 is 0 Å². The monoisotopic (exact) mass is 390 g/mol. The van der Waals surface area contributed by atoms with Gasteiger partial charge < -0.3 is 4.43 Å². The van der Waals surface area contributed by atoms with Crippen molar-refractivity contribution in [1.82, 2.24) is 0 Å². The summed E-state index contributed by atoms with van der Waals surface area (Å²) in [5, 5.41) is 0. The molecule has 2 heteroatoms. The van der Waals surface area contributed by atoms with Crippen LogP contribution < -0.4 is 0 Å². The minimum Gasteiger partial charge on any atom is -0.416 e. The van der Waals surface area contributed by atoms with Gasteiger partial charge in [0.1, 0.15) is 0 Å². The molecule has 0 amide bonds. The highest BCUT2D eigenvalue weighted by molar-refractivity contribution is 6.78. The minimum atomic E-state index is -1.68. The Morgan fingerprint density at radius 3 is 1.15 bits per heavy atom. The fraction of sp³-hybridized carbons (Fsp3) is 1.00. The van der Waals surface area contributed by atoms with Gasteiger partial charge in [0.15, 0.2) is 0 Å². The van der Waals surface area contributed by atoms with Gasteiger partial charge in [-0.15, -0.1) is 0 Å². The Labute approximate surface area is 170 Å². The molecule has 1 nitrogen and oxygen atoms in total. The molecule has 0 spiro atoms. The number of rotatable bonds is 6. The van der Waals surface area contributed by atoms with Crippen molar-refractivity contribution in [2.24, 2.45) is 5.92 Å². The molecule has 0 aromatic rings. The second-order valence-electron chi connectivity index (χ2n) is 10.7. The van der Waals surface area contributed by atoms with Crippen molar-refractivity contribution in [3.8, 4) is 0 Å². The molecule has 0 unspecified atom stereocenters. The molecule has 0 aromatic carbocycles. The lowest BCUT2D eigenvalue weighted by molar-refractivity contribution is 0.171. The first kappa shape index (κ1) is 20.4. The van der Waals surface area contributed by atoms with Gasteiger partial charge in [0.25, 0.3) is 0 Å². The van der Waals surface area contributed by atoms with E-state index in [0.717, 1.165) is 29.1 Å². The van der Waals surface area contributed by atoms with Gasteiger partial charge in [-0.05, 0) is 35.4 Å². The highest BCUT2D eigenvalue weighted by Gasteiger charge is 2.54. The van der Waals surface area contributed by atoms with Crippen LogP contribution in [0.25, 0.3) is 0 Å². The summed E-state index contributed by atoms with van der Waals surface area (Å²) >= 11 is 0. The highest BCUT2D eigenvalue weighted by atomic mass is 28.4. The molecular formula is C25H46OSi. The van der Waals surface area contributed by atoms with Crippen LogP contribution >= 0.6 is 0 Å². The smallest absolute Gasteiger partial charge is 0.201 e. The van der Waals surface area contributed by atoms with Crippen LogP contribution in [-0.2, 0) is 4.43 Å². The zero-order valence-electron chi connectivity index (χ0n) is 18.1. The molecular weight excluding hydrogens is 344 g/mol. The third kappa shape index (κ3) is 4.85. The van der Waals surface area contributed by atoms with E-state index in [0.29, 0.717) is 0 Å². The Bertz CT molecular complexity index is 366. The first-order valence-corrected chi connectivity index (χ1v) is 15.2. The molecule has 156 valence electrons. The Hall–Kier alpha value is 0.177. The van der Waals surface area contributed by atoms with Crippen molar-refractivity contribution in [3.05, 3.63) is 0 Å². The van der Waals surface area contributed by atoms with Crippen molar-refractivity contribution in [1.29, 1.82) is 0 Å². The molecule has 0 atom stereocenters. The topological polar surface area (TPSA) is 9.23 Å². The summed E-state index contributed by atoms with van der Waals surface area (Å²) in [6, 6.07) is 0. The van der Waals surface area contributed by atoms with Crippen LogP contribution in [0, 0.1) is 5.92 Å². The SMILES string of the molecule is C1CCC(CO[Si](C2CCCCC2)(C2CCCCC2)C2CCCCC2)CC1. The predicted molar refractivity (Wildman–Crippen MR) is 119 cm³/mol. The maximum atomic E-state index is 7.53. The molecule has 0 heterocycles. The van der Waals surface area contributed by atoms with Gasteiger partial charge in [-0.2, -0.15) is 0 Å². The van der Waals surface area contributed by atoms with Crippen LogP contribution in [0.3, 0.4) is 0 Å². The molecule has 4 aliphatic rings. The van der Waals surface area contributed by atoms with Gasteiger partial charge in [-0.1, -0.05) is 116 Å². The van der Waals surface area contributed by atoms with Crippen LogP contribution in [0.1, 0.15) is 128 Å². The standard InChI is InChI=1S/C25H46OSi/c1-5-13-22(14-6-1)21-26-27(23-15-7-2-8-16-23,24-17-9-3-10-18-24)25-19-11-4-12-20-25/h22-25H,1-21H2. The van der Waals surface area contributed by atoms with Crippen LogP contribution in [0.15, 0.2) is 0 Å². The third-order valence-corrected chi connectivity index (χ3v) is 15.3. The van der Waals surface area contributed by atoms with Crippen molar-refractivity contribution < 1.29 is 4.43 Å². The molecule has 0 aromatic heterocycles. The molecule has 4 fully saturated rings. The maximum absolute atomic E-state index is 7.53. The fourth-order valence-electron chi connectivity index (χ4n) is 7.63. The van der Waals surface area contributed by atoms with E-state index in [4.69, 9.17) is 4.43 Å². The summed E-state index contributed by atoms with van der Waals surface area (Å²) in [6.07, 6.45) is 30.1. The lowest BCUT2D eigenvalue weighted by atomic mass is 9.90. The number of hydrogen-bond acceptors (Lipinski definition) is 1. The second-order valence-corrected chi connectivity index (χ2v) is 15.1. The highest BCUT2D eigenvalue weighted by Crippen LogP contribution is 2.57. The van der Waals surface area contributed by atoms with E-state index in [1.54, 1.807) is 0 Å². The normalized spacial score (nSPS) is 28.4.